The van der Waals surface area contributed by atoms with Crippen molar-refractivity contribution in [3.05, 3.63) is 72.8 Å². The van der Waals surface area contributed by atoms with Crippen LogP contribution >= 0.6 is 0 Å². The first-order valence-corrected chi connectivity index (χ1v) is 7.11. The van der Waals surface area contributed by atoms with Crippen molar-refractivity contribution in [2.45, 2.75) is 24.7 Å². The molecule has 3 atom stereocenters. The zero-order valence-corrected chi connectivity index (χ0v) is 11.6. The van der Waals surface area contributed by atoms with Crippen molar-refractivity contribution >= 4 is 0 Å². The highest BCUT2D eigenvalue weighted by atomic mass is 16.5. The molecule has 3 heteroatoms. The summed E-state index contributed by atoms with van der Waals surface area (Å²) >= 11 is 0. The van der Waals surface area contributed by atoms with Crippen LogP contribution in [-0.4, -0.2) is 23.4 Å². The van der Waals surface area contributed by atoms with Gasteiger partial charge < -0.3 is 14.6 Å². The van der Waals surface area contributed by atoms with E-state index in [2.05, 4.69) is 0 Å². The smallest absolute Gasteiger partial charge is 0.146 e. The molecule has 3 nitrogen and oxygen atoms in total. The zero-order valence-electron chi connectivity index (χ0n) is 11.6. The Hall–Kier alpha value is -2.26. The van der Waals surface area contributed by atoms with Gasteiger partial charge in [0.2, 0.25) is 0 Å². The summed E-state index contributed by atoms with van der Waals surface area (Å²) in [4.78, 5) is 0. The first-order chi connectivity index (χ1) is 10.3. The SMILES string of the molecule is OC1C(Oc2ccccc2)C=CCC1Oc1ccccc1. The second-order valence-corrected chi connectivity index (χ2v) is 5.02. The van der Waals surface area contributed by atoms with E-state index in [1.165, 1.54) is 0 Å². The van der Waals surface area contributed by atoms with Gasteiger partial charge in [-0.2, -0.15) is 0 Å². The molecule has 0 saturated carbocycles. The molecule has 0 radical (unpaired) electrons. The maximum Gasteiger partial charge on any atom is 0.146 e. The van der Waals surface area contributed by atoms with Gasteiger partial charge in [-0.15, -0.1) is 0 Å². The Morgan fingerprint density at radius 1 is 0.810 bits per heavy atom. The lowest BCUT2D eigenvalue weighted by molar-refractivity contribution is -0.0250. The zero-order chi connectivity index (χ0) is 14.5. The van der Waals surface area contributed by atoms with Crippen LogP contribution in [0.1, 0.15) is 6.42 Å². The summed E-state index contributed by atoms with van der Waals surface area (Å²) < 4.78 is 11.7. The first-order valence-electron chi connectivity index (χ1n) is 7.11. The van der Waals surface area contributed by atoms with E-state index in [1.54, 1.807) is 0 Å². The van der Waals surface area contributed by atoms with Crippen LogP contribution in [0.5, 0.6) is 11.5 Å². The Morgan fingerprint density at radius 2 is 1.38 bits per heavy atom. The molecule has 3 unspecified atom stereocenters. The minimum atomic E-state index is -0.699. The Bertz CT molecular complexity index is 580. The summed E-state index contributed by atoms with van der Waals surface area (Å²) in [7, 11) is 0. The van der Waals surface area contributed by atoms with E-state index < -0.39 is 12.2 Å². The monoisotopic (exact) mass is 282 g/mol. The number of hydrogen-bond acceptors (Lipinski definition) is 3. The van der Waals surface area contributed by atoms with Gasteiger partial charge in [0.25, 0.3) is 0 Å². The summed E-state index contributed by atoms with van der Waals surface area (Å²) in [6, 6.07) is 19.0. The molecule has 0 spiro atoms. The minimum Gasteiger partial charge on any atom is -0.487 e. The van der Waals surface area contributed by atoms with Crippen LogP contribution in [0, 0.1) is 0 Å². The molecule has 0 heterocycles. The number of benzene rings is 2. The van der Waals surface area contributed by atoms with Gasteiger partial charge in [-0.3, -0.25) is 0 Å². The third kappa shape index (κ3) is 3.44. The summed E-state index contributed by atoms with van der Waals surface area (Å²) in [5.74, 6) is 1.50. The number of aliphatic hydroxyl groups is 1. The average Bonchev–Trinajstić information content (AvgIpc) is 2.53. The van der Waals surface area contributed by atoms with Gasteiger partial charge in [-0.25, -0.2) is 0 Å². The standard InChI is InChI=1S/C18H18O3/c19-18-16(20-14-8-3-1-4-9-14)12-7-13-17(18)21-15-10-5-2-6-11-15/h1-12,16-19H,13H2. The van der Waals surface area contributed by atoms with E-state index in [1.807, 2.05) is 72.8 Å². The fraction of sp³-hybridized carbons (Fsp3) is 0.222. The molecule has 1 aliphatic rings. The van der Waals surface area contributed by atoms with Crippen LogP contribution in [0.15, 0.2) is 72.8 Å². The Kier molecular flexibility index (Phi) is 4.22. The number of para-hydroxylation sites is 2. The summed E-state index contributed by atoms with van der Waals surface area (Å²) in [6.45, 7) is 0. The number of aliphatic hydroxyl groups excluding tert-OH is 1. The summed E-state index contributed by atoms with van der Waals surface area (Å²) in [5.41, 5.74) is 0. The fourth-order valence-electron chi connectivity index (χ4n) is 2.37. The molecule has 108 valence electrons. The molecular weight excluding hydrogens is 264 g/mol. The van der Waals surface area contributed by atoms with Crippen LogP contribution in [0.25, 0.3) is 0 Å². The Morgan fingerprint density at radius 3 is 2.00 bits per heavy atom. The van der Waals surface area contributed by atoms with Crippen molar-refractivity contribution in [1.82, 2.24) is 0 Å². The molecule has 3 rings (SSSR count). The lowest BCUT2D eigenvalue weighted by Gasteiger charge is -2.31. The predicted octanol–water partition coefficient (Wildman–Crippen LogP) is 3.20. The van der Waals surface area contributed by atoms with E-state index in [0.29, 0.717) is 6.42 Å². The molecule has 0 amide bonds. The van der Waals surface area contributed by atoms with Gasteiger partial charge in [0, 0.05) is 6.42 Å². The second-order valence-electron chi connectivity index (χ2n) is 5.02. The third-order valence-electron chi connectivity index (χ3n) is 3.46. The molecule has 0 fully saturated rings. The van der Waals surface area contributed by atoms with Crippen LogP contribution in [0.3, 0.4) is 0 Å². The van der Waals surface area contributed by atoms with Gasteiger partial charge in [-0.05, 0) is 30.3 Å². The van der Waals surface area contributed by atoms with Crippen molar-refractivity contribution in [1.29, 1.82) is 0 Å². The first kappa shape index (κ1) is 13.7. The highest BCUT2D eigenvalue weighted by molar-refractivity contribution is 5.24. The van der Waals surface area contributed by atoms with E-state index >= 15 is 0 Å². The van der Waals surface area contributed by atoms with E-state index in [-0.39, 0.29) is 6.10 Å². The molecule has 1 N–H and O–H groups in total. The number of rotatable bonds is 4. The molecule has 2 aromatic rings. The fourth-order valence-corrected chi connectivity index (χ4v) is 2.37. The molecule has 0 bridgehead atoms. The lowest BCUT2D eigenvalue weighted by atomic mass is 9.98. The van der Waals surface area contributed by atoms with Gasteiger partial charge >= 0.3 is 0 Å². The quantitative estimate of drug-likeness (QED) is 0.875. The van der Waals surface area contributed by atoms with Gasteiger partial charge in [0.15, 0.2) is 0 Å². The highest BCUT2D eigenvalue weighted by Crippen LogP contribution is 2.23. The Labute approximate surface area is 124 Å². The van der Waals surface area contributed by atoms with Crippen LogP contribution in [-0.2, 0) is 0 Å². The molecular formula is C18H18O3. The van der Waals surface area contributed by atoms with Crippen LogP contribution < -0.4 is 9.47 Å². The normalized spacial score (nSPS) is 24.5. The van der Waals surface area contributed by atoms with Crippen molar-refractivity contribution in [3.8, 4) is 11.5 Å². The average molecular weight is 282 g/mol. The van der Waals surface area contributed by atoms with Crippen molar-refractivity contribution in [2.24, 2.45) is 0 Å². The topological polar surface area (TPSA) is 38.7 Å². The Balaban J connectivity index is 1.67. The molecule has 0 saturated heterocycles. The molecule has 2 aromatic carbocycles. The van der Waals surface area contributed by atoms with Crippen molar-refractivity contribution in [2.75, 3.05) is 0 Å². The highest BCUT2D eigenvalue weighted by Gasteiger charge is 2.31. The maximum atomic E-state index is 10.5. The predicted molar refractivity (Wildman–Crippen MR) is 81.5 cm³/mol. The van der Waals surface area contributed by atoms with E-state index in [4.69, 9.17) is 9.47 Å². The second kappa shape index (κ2) is 6.46. The molecule has 1 aliphatic carbocycles. The lowest BCUT2D eigenvalue weighted by Crippen LogP contribution is -2.44. The van der Waals surface area contributed by atoms with Crippen molar-refractivity contribution < 1.29 is 14.6 Å². The van der Waals surface area contributed by atoms with E-state index in [9.17, 15) is 5.11 Å². The van der Waals surface area contributed by atoms with E-state index in [0.717, 1.165) is 11.5 Å². The molecule has 0 aromatic heterocycles. The molecule has 0 aliphatic heterocycles. The summed E-state index contributed by atoms with van der Waals surface area (Å²) in [6.07, 6.45) is 3.16. The third-order valence-corrected chi connectivity index (χ3v) is 3.46. The summed E-state index contributed by atoms with van der Waals surface area (Å²) in [5, 5.41) is 10.5. The van der Waals surface area contributed by atoms with Gasteiger partial charge in [0.05, 0.1) is 0 Å². The van der Waals surface area contributed by atoms with Gasteiger partial charge in [-0.1, -0.05) is 42.5 Å². The largest absolute Gasteiger partial charge is 0.487 e. The molecule has 21 heavy (non-hydrogen) atoms. The number of ether oxygens (including phenoxy) is 2. The van der Waals surface area contributed by atoms with Crippen LogP contribution in [0.2, 0.25) is 0 Å². The minimum absolute atomic E-state index is 0.300. The van der Waals surface area contributed by atoms with Gasteiger partial charge in [0.1, 0.15) is 29.8 Å². The van der Waals surface area contributed by atoms with Crippen LogP contribution in [0.4, 0.5) is 0 Å². The maximum absolute atomic E-state index is 10.5. The van der Waals surface area contributed by atoms with Crippen molar-refractivity contribution in [3.63, 3.8) is 0 Å². The number of hydrogen-bond donors (Lipinski definition) is 1.